The van der Waals surface area contributed by atoms with E-state index in [4.69, 9.17) is 0 Å². The first-order chi connectivity index (χ1) is 12.0. The van der Waals surface area contributed by atoms with Crippen LogP contribution in [0.25, 0.3) is 0 Å². The summed E-state index contributed by atoms with van der Waals surface area (Å²) in [6, 6.07) is 9.25. The molecule has 2 aromatic rings. The molecule has 1 saturated heterocycles. The standard InChI is InChI=1S/C17H20N4O3S.2ClH/c1-13-12-19-10-11-21(13)17(22)14-2-4-16(5-3-14)25(23,24)20-15-6-8-18-9-7-15;;/h2-9,13,19H,10-12H2,1H3,(H,18,20);2*1H/t13-;;/m1../s1. The van der Waals surface area contributed by atoms with Crippen molar-refractivity contribution in [3.8, 4) is 0 Å². The highest BCUT2D eigenvalue weighted by molar-refractivity contribution is 7.92. The van der Waals surface area contributed by atoms with Crippen LogP contribution in [0.15, 0.2) is 53.7 Å². The topological polar surface area (TPSA) is 91.4 Å². The third-order valence-corrected chi connectivity index (χ3v) is 5.50. The zero-order chi connectivity index (χ0) is 17.9. The molecule has 1 amide bonds. The maximum Gasteiger partial charge on any atom is 0.261 e. The number of hydrogen-bond donors (Lipinski definition) is 2. The van der Waals surface area contributed by atoms with Crippen LogP contribution in [-0.4, -0.2) is 49.9 Å². The first kappa shape index (κ1) is 23.2. The first-order valence-corrected chi connectivity index (χ1v) is 9.50. The fourth-order valence-electron chi connectivity index (χ4n) is 2.72. The van der Waals surface area contributed by atoms with Crippen molar-refractivity contribution >= 4 is 46.4 Å². The molecule has 1 aromatic heterocycles. The fourth-order valence-corrected chi connectivity index (χ4v) is 3.78. The lowest BCUT2D eigenvalue weighted by Gasteiger charge is -2.34. The van der Waals surface area contributed by atoms with Gasteiger partial charge in [-0.25, -0.2) is 8.42 Å². The van der Waals surface area contributed by atoms with E-state index in [0.717, 1.165) is 13.1 Å². The number of benzene rings is 1. The molecule has 10 heteroatoms. The monoisotopic (exact) mass is 432 g/mol. The molecule has 1 atom stereocenters. The zero-order valence-corrected chi connectivity index (χ0v) is 17.1. The highest BCUT2D eigenvalue weighted by atomic mass is 35.5. The number of carbonyl (C=O) groups is 1. The molecule has 1 aliphatic heterocycles. The van der Waals surface area contributed by atoms with Crippen molar-refractivity contribution in [2.75, 3.05) is 24.4 Å². The van der Waals surface area contributed by atoms with Gasteiger partial charge in [0.1, 0.15) is 0 Å². The van der Waals surface area contributed by atoms with E-state index in [1.807, 2.05) is 6.92 Å². The van der Waals surface area contributed by atoms with Crippen molar-refractivity contribution in [1.29, 1.82) is 0 Å². The van der Waals surface area contributed by atoms with E-state index in [0.29, 0.717) is 17.8 Å². The second-order valence-corrected chi connectivity index (χ2v) is 7.60. The number of hydrogen-bond acceptors (Lipinski definition) is 5. The second kappa shape index (κ2) is 9.89. The Kier molecular flexibility index (Phi) is 8.49. The van der Waals surface area contributed by atoms with E-state index in [-0.39, 0.29) is 41.7 Å². The molecule has 0 saturated carbocycles. The van der Waals surface area contributed by atoms with Crippen molar-refractivity contribution < 1.29 is 13.2 Å². The van der Waals surface area contributed by atoms with Crippen molar-refractivity contribution in [3.63, 3.8) is 0 Å². The van der Waals surface area contributed by atoms with Crippen molar-refractivity contribution in [1.82, 2.24) is 15.2 Å². The molecule has 0 unspecified atom stereocenters. The third kappa shape index (κ3) is 5.55. The van der Waals surface area contributed by atoms with Gasteiger partial charge in [0, 0.05) is 43.6 Å². The molecule has 1 aliphatic rings. The molecule has 0 spiro atoms. The lowest BCUT2D eigenvalue weighted by molar-refractivity contribution is 0.0655. The van der Waals surface area contributed by atoms with Gasteiger partial charge in [-0.2, -0.15) is 0 Å². The quantitative estimate of drug-likeness (QED) is 0.771. The molecule has 148 valence electrons. The van der Waals surface area contributed by atoms with Crippen LogP contribution in [0.4, 0.5) is 5.69 Å². The normalized spacial score (nSPS) is 16.6. The van der Waals surface area contributed by atoms with E-state index in [1.54, 1.807) is 29.2 Å². The van der Waals surface area contributed by atoms with Crippen molar-refractivity contribution in [2.45, 2.75) is 17.9 Å². The molecule has 0 aliphatic carbocycles. The van der Waals surface area contributed by atoms with E-state index in [1.165, 1.54) is 24.5 Å². The molecule has 2 heterocycles. The van der Waals surface area contributed by atoms with Gasteiger partial charge in [-0.15, -0.1) is 24.8 Å². The van der Waals surface area contributed by atoms with Crippen LogP contribution in [0.5, 0.6) is 0 Å². The van der Waals surface area contributed by atoms with Crippen LogP contribution >= 0.6 is 24.8 Å². The predicted molar refractivity (Wildman–Crippen MR) is 109 cm³/mol. The van der Waals surface area contributed by atoms with Crippen molar-refractivity contribution in [3.05, 3.63) is 54.4 Å². The summed E-state index contributed by atoms with van der Waals surface area (Å²) in [6.45, 7) is 4.15. The highest BCUT2D eigenvalue weighted by Crippen LogP contribution is 2.17. The predicted octanol–water partition coefficient (Wildman–Crippen LogP) is 2.16. The minimum atomic E-state index is -3.70. The molecule has 1 aromatic carbocycles. The van der Waals surface area contributed by atoms with Gasteiger partial charge in [-0.05, 0) is 43.3 Å². The molecule has 3 rings (SSSR count). The van der Waals surface area contributed by atoms with Gasteiger partial charge in [0.05, 0.1) is 10.6 Å². The van der Waals surface area contributed by atoms with Crippen LogP contribution in [0.3, 0.4) is 0 Å². The smallest absolute Gasteiger partial charge is 0.261 e. The van der Waals surface area contributed by atoms with E-state index in [9.17, 15) is 13.2 Å². The van der Waals surface area contributed by atoms with Crippen LogP contribution in [0.2, 0.25) is 0 Å². The van der Waals surface area contributed by atoms with Crippen LogP contribution in [-0.2, 0) is 10.0 Å². The summed E-state index contributed by atoms with van der Waals surface area (Å²) >= 11 is 0. The Balaban J connectivity index is 0.00000182. The fraction of sp³-hybridized carbons (Fsp3) is 0.294. The molecule has 2 N–H and O–H groups in total. The molecular weight excluding hydrogens is 411 g/mol. The Labute approximate surface area is 171 Å². The minimum Gasteiger partial charge on any atom is -0.333 e. The summed E-state index contributed by atoms with van der Waals surface area (Å²) in [4.78, 5) is 18.3. The Hall–Kier alpha value is -1.87. The average molecular weight is 433 g/mol. The van der Waals surface area contributed by atoms with Gasteiger partial charge in [0.2, 0.25) is 0 Å². The molecule has 7 nitrogen and oxygen atoms in total. The molecule has 0 radical (unpaired) electrons. The number of rotatable bonds is 4. The Morgan fingerprint density at radius 2 is 1.78 bits per heavy atom. The third-order valence-electron chi connectivity index (χ3n) is 4.11. The summed E-state index contributed by atoms with van der Waals surface area (Å²) in [5.74, 6) is -0.0833. The largest absolute Gasteiger partial charge is 0.333 e. The molecule has 27 heavy (non-hydrogen) atoms. The summed E-state index contributed by atoms with van der Waals surface area (Å²) in [7, 11) is -3.70. The number of amides is 1. The summed E-state index contributed by atoms with van der Waals surface area (Å²) in [5.41, 5.74) is 0.918. The van der Waals surface area contributed by atoms with Gasteiger partial charge < -0.3 is 10.2 Å². The molecule has 1 fully saturated rings. The molecular formula is C17H22Cl2N4O3S. The zero-order valence-electron chi connectivity index (χ0n) is 14.7. The van der Waals surface area contributed by atoms with E-state index >= 15 is 0 Å². The first-order valence-electron chi connectivity index (χ1n) is 8.02. The number of halogens is 2. The SMILES string of the molecule is C[C@@H]1CNCCN1C(=O)c1ccc(S(=O)(=O)Nc2ccncc2)cc1.Cl.Cl. The number of carbonyl (C=O) groups excluding carboxylic acids is 1. The number of piperazine rings is 1. The maximum absolute atomic E-state index is 12.6. The number of nitrogens with zero attached hydrogens (tertiary/aromatic N) is 2. The summed E-state index contributed by atoms with van der Waals surface area (Å²) < 4.78 is 27.3. The average Bonchev–Trinajstić information content (AvgIpc) is 2.62. The van der Waals surface area contributed by atoms with Gasteiger partial charge in [0.25, 0.3) is 15.9 Å². The highest BCUT2D eigenvalue weighted by Gasteiger charge is 2.24. The van der Waals surface area contributed by atoms with Crippen LogP contribution < -0.4 is 10.0 Å². The number of nitrogens with one attached hydrogen (secondary N) is 2. The van der Waals surface area contributed by atoms with Gasteiger partial charge in [0.15, 0.2) is 0 Å². The van der Waals surface area contributed by atoms with Gasteiger partial charge in [-0.3, -0.25) is 14.5 Å². The van der Waals surface area contributed by atoms with Crippen molar-refractivity contribution in [2.24, 2.45) is 0 Å². The van der Waals surface area contributed by atoms with Gasteiger partial charge >= 0.3 is 0 Å². The summed E-state index contributed by atoms with van der Waals surface area (Å²) in [6.07, 6.45) is 3.02. The Morgan fingerprint density at radius 3 is 2.37 bits per heavy atom. The van der Waals surface area contributed by atoms with Crippen LogP contribution in [0.1, 0.15) is 17.3 Å². The Morgan fingerprint density at radius 1 is 1.15 bits per heavy atom. The number of sulfonamides is 1. The van der Waals surface area contributed by atoms with E-state index < -0.39 is 10.0 Å². The lowest BCUT2D eigenvalue weighted by Crippen LogP contribution is -2.52. The minimum absolute atomic E-state index is 0. The maximum atomic E-state index is 12.6. The van der Waals surface area contributed by atoms with E-state index in [2.05, 4.69) is 15.0 Å². The van der Waals surface area contributed by atoms with Gasteiger partial charge in [-0.1, -0.05) is 0 Å². The number of pyridine rings is 1. The summed E-state index contributed by atoms with van der Waals surface area (Å²) in [5, 5.41) is 3.24. The molecule has 0 bridgehead atoms. The second-order valence-electron chi connectivity index (χ2n) is 5.92. The Bertz CT molecular complexity index is 848. The van der Waals surface area contributed by atoms with Crippen LogP contribution in [0, 0.1) is 0 Å². The lowest BCUT2D eigenvalue weighted by atomic mass is 10.1. The number of aromatic nitrogens is 1. The number of anilines is 1.